The van der Waals surface area contributed by atoms with E-state index in [1.807, 2.05) is 48.5 Å². The van der Waals surface area contributed by atoms with Crippen LogP contribution in [0.1, 0.15) is 36.8 Å². The van der Waals surface area contributed by atoms with Gasteiger partial charge < -0.3 is 18.9 Å². The Morgan fingerprint density at radius 3 is 2.42 bits per heavy atom. The maximum atomic E-state index is 13.4. The van der Waals surface area contributed by atoms with Crippen LogP contribution in [0.25, 0.3) is 0 Å². The van der Waals surface area contributed by atoms with Gasteiger partial charge >= 0.3 is 5.97 Å². The molecule has 164 valence electrons. The molecule has 31 heavy (non-hydrogen) atoms. The van der Waals surface area contributed by atoms with Crippen molar-refractivity contribution in [3.8, 4) is 11.5 Å². The lowest BCUT2D eigenvalue weighted by atomic mass is 9.67. The molecule has 6 nitrogen and oxygen atoms in total. The first-order valence-corrected chi connectivity index (χ1v) is 10.2. The van der Waals surface area contributed by atoms with Gasteiger partial charge in [0.05, 0.1) is 32.5 Å². The summed E-state index contributed by atoms with van der Waals surface area (Å²) >= 11 is 0. The van der Waals surface area contributed by atoms with Crippen LogP contribution in [0.2, 0.25) is 0 Å². The summed E-state index contributed by atoms with van der Waals surface area (Å²) in [6.45, 7) is 0.328. The Kier molecular flexibility index (Phi) is 7.34. The molecule has 0 aromatic heterocycles. The number of ether oxygens (including phenoxy) is 4. The van der Waals surface area contributed by atoms with Crippen LogP contribution in [-0.4, -0.2) is 33.1 Å². The van der Waals surface area contributed by atoms with Crippen LogP contribution in [0.15, 0.2) is 60.4 Å². The maximum Gasteiger partial charge on any atom is 0.305 e. The van der Waals surface area contributed by atoms with Gasteiger partial charge in [-0.25, -0.2) is 0 Å². The summed E-state index contributed by atoms with van der Waals surface area (Å²) in [5.74, 6) is 1.22. The minimum absolute atomic E-state index is 0.114. The molecule has 0 fully saturated rings. The standard InChI is InChI=1S/C25H28O6/c1-28-19-12-14-25(22(26)16-19,15-13-23(27)30-3)20-10-7-11-21(29-2)24(20)31-17-18-8-5-4-6-9-18/h4-11,16H,12-15,17H2,1-3H3. The third-order valence-electron chi connectivity index (χ3n) is 5.75. The summed E-state index contributed by atoms with van der Waals surface area (Å²) in [4.78, 5) is 25.4. The average Bonchev–Trinajstić information content (AvgIpc) is 2.82. The van der Waals surface area contributed by atoms with Crippen molar-refractivity contribution in [2.45, 2.75) is 37.7 Å². The van der Waals surface area contributed by atoms with Gasteiger partial charge in [-0.15, -0.1) is 0 Å². The second-order valence-electron chi connectivity index (χ2n) is 7.45. The number of hydrogen-bond donors (Lipinski definition) is 0. The monoisotopic (exact) mass is 424 g/mol. The number of benzene rings is 2. The summed E-state index contributed by atoms with van der Waals surface area (Å²) in [5.41, 5.74) is 0.777. The molecule has 2 aromatic carbocycles. The van der Waals surface area contributed by atoms with Gasteiger partial charge in [0, 0.05) is 24.5 Å². The molecular weight excluding hydrogens is 396 g/mol. The fraction of sp³-hybridized carbons (Fsp3) is 0.360. The molecule has 3 rings (SSSR count). The number of carbonyl (C=O) groups is 2. The molecule has 6 heteroatoms. The van der Waals surface area contributed by atoms with Crippen molar-refractivity contribution in [1.29, 1.82) is 0 Å². The van der Waals surface area contributed by atoms with E-state index in [0.29, 0.717) is 48.7 Å². The summed E-state index contributed by atoms with van der Waals surface area (Å²) in [6.07, 6.45) is 3.03. The molecule has 0 radical (unpaired) electrons. The largest absolute Gasteiger partial charge is 0.501 e. The molecule has 0 N–H and O–H groups in total. The minimum Gasteiger partial charge on any atom is -0.501 e. The molecule has 0 bridgehead atoms. The Bertz CT molecular complexity index is 950. The zero-order valence-corrected chi connectivity index (χ0v) is 18.2. The first-order valence-electron chi connectivity index (χ1n) is 10.2. The average molecular weight is 424 g/mol. The number of allylic oxidation sites excluding steroid dienone is 2. The van der Waals surface area contributed by atoms with Crippen molar-refractivity contribution >= 4 is 11.8 Å². The highest BCUT2D eigenvalue weighted by Gasteiger charge is 2.44. The molecule has 1 atom stereocenters. The summed E-state index contributed by atoms with van der Waals surface area (Å²) in [7, 11) is 4.47. The number of methoxy groups -OCH3 is 3. The van der Waals surface area contributed by atoms with Gasteiger partial charge in [-0.05, 0) is 24.5 Å². The number of carbonyl (C=O) groups excluding carboxylic acids is 2. The topological polar surface area (TPSA) is 71.1 Å². The zero-order valence-electron chi connectivity index (χ0n) is 18.2. The Balaban J connectivity index is 2.04. The fourth-order valence-electron chi connectivity index (χ4n) is 3.98. The first-order chi connectivity index (χ1) is 15.0. The molecule has 1 aliphatic carbocycles. The number of ketones is 1. The Hall–Kier alpha value is -3.28. The van der Waals surface area contributed by atoms with Gasteiger partial charge in [-0.3, -0.25) is 9.59 Å². The van der Waals surface area contributed by atoms with E-state index in [2.05, 4.69) is 0 Å². The number of esters is 1. The van der Waals surface area contributed by atoms with E-state index in [0.717, 1.165) is 5.56 Å². The lowest BCUT2D eigenvalue weighted by molar-refractivity contribution is -0.141. The van der Waals surface area contributed by atoms with E-state index < -0.39 is 5.41 Å². The second kappa shape index (κ2) is 10.2. The summed E-state index contributed by atoms with van der Waals surface area (Å²) in [6, 6.07) is 15.3. The molecule has 0 aliphatic heterocycles. The SMILES string of the molecule is COC(=O)CCC1(c2cccc(OC)c2OCc2ccccc2)CCC(OC)=CC1=O. The number of hydrogen-bond acceptors (Lipinski definition) is 6. The Morgan fingerprint density at radius 2 is 1.77 bits per heavy atom. The second-order valence-corrected chi connectivity index (χ2v) is 7.45. The lowest BCUT2D eigenvalue weighted by Gasteiger charge is -2.36. The molecular formula is C25H28O6. The number of para-hydroxylation sites is 1. The minimum atomic E-state index is -0.934. The van der Waals surface area contributed by atoms with Crippen molar-refractivity contribution < 1.29 is 28.5 Å². The highest BCUT2D eigenvalue weighted by molar-refractivity contribution is 6.01. The highest BCUT2D eigenvalue weighted by Crippen LogP contribution is 2.47. The van der Waals surface area contributed by atoms with E-state index in [1.165, 1.54) is 13.2 Å². The van der Waals surface area contributed by atoms with Crippen LogP contribution < -0.4 is 9.47 Å². The highest BCUT2D eigenvalue weighted by atomic mass is 16.5. The Morgan fingerprint density at radius 1 is 1.00 bits per heavy atom. The van der Waals surface area contributed by atoms with Crippen LogP contribution in [0.3, 0.4) is 0 Å². The van der Waals surface area contributed by atoms with Gasteiger partial charge in [-0.1, -0.05) is 42.5 Å². The van der Waals surface area contributed by atoms with Crippen LogP contribution in [0, 0.1) is 0 Å². The van der Waals surface area contributed by atoms with Gasteiger partial charge in [-0.2, -0.15) is 0 Å². The van der Waals surface area contributed by atoms with Crippen molar-refractivity contribution in [1.82, 2.24) is 0 Å². The zero-order chi connectivity index (χ0) is 22.3. The van der Waals surface area contributed by atoms with E-state index in [4.69, 9.17) is 18.9 Å². The quantitative estimate of drug-likeness (QED) is 0.557. The number of rotatable bonds is 9. The van der Waals surface area contributed by atoms with E-state index >= 15 is 0 Å². The predicted molar refractivity (Wildman–Crippen MR) is 116 cm³/mol. The molecule has 0 saturated carbocycles. The van der Waals surface area contributed by atoms with Gasteiger partial charge in [0.25, 0.3) is 0 Å². The predicted octanol–water partition coefficient (Wildman–Crippen LogP) is 4.36. The van der Waals surface area contributed by atoms with Crippen LogP contribution in [-0.2, 0) is 31.1 Å². The third kappa shape index (κ3) is 4.90. The maximum absolute atomic E-state index is 13.4. The van der Waals surface area contributed by atoms with Crippen LogP contribution >= 0.6 is 0 Å². The lowest BCUT2D eigenvalue weighted by Crippen LogP contribution is -2.39. The summed E-state index contributed by atoms with van der Waals surface area (Å²) in [5, 5.41) is 0. The normalized spacial score (nSPS) is 18.2. The van der Waals surface area contributed by atoms with Crippen molar-refractivity contribution in [2.75, 3.05) is 21.3 Å². The molecule has 0 amide bonds. The van der Waals surface area contributed by atoms with E-state index in [9.17, 15) is 9.59 Å². The van der Waals surface area contributed by atoms with Gasteiger partial charge in [0.2, 0.25) is 0 Å². The van der Waals surface area contributed by atoms with Crippen LogP contribution in [0.4, 0.5) is 0 Å². The van der Waals surface area contributed by atoms with Crippen molar-refractivity contribution in [3.63, 3.8) is 0 Å². The molecule has 0 heterocycles. The van der Waals surface area contributed by atoms with Gasteiger partial charge in [0.1, 0.15) is 6.61 Å². The third-order valence-corrected chi connectivity index (χ3v) is 5.75. The van der Waals surface area contributed by atoms with E-state index in [1.54, 1.807) is 14.2 Å². The van der Waals surface area contributed by atoms with Gasteiger partial charge in [0.15, 0.2) is 17.3 Å². The molecule has 0 saturated heterocycles. The van der Waals surface area contributed by atoms with E-state index in [-0.39, 0.29) is 18.2 Å². The van der Waals surface area contributed by atoms with Crippen molar-refractivity contribution in [2.24, 2.45) is 0 Å². The summed E-state index contributed by atoms with van der Waals surface area (Å²) < 4.78 is 21.9. The first kappa shape index (κ1) is 22.4. The molecule has 1 aliphatic rings. The fourth-order valence-corrected chi connectivity index (χ4v) is 3.98. The molecule has 2 aromatic rings. The molecule has 1 unspecified atom stereocenters. The molecule has 0 spiro atoms. The Labute approximate surface area is 182 Å². The van der Waals surface area contributed by atoms with Crippen LogP contribution in [0.5, 0.6) is 11.5 Å². The smallest absolute Gasteiger partial charge is 0.305 e. The van der Waals surface area contributed by atoms with Crippen molar-refractivity contribution in [3.05, 3.63) is 71.5 Å².